The third-order valence-corrected chi connectivity index (χ3v) is 11.3. The molecule has 0 saturated heterocycles. The molecule has 0 N–H and O–H groups in total. The molecule has 178 valence electrons. The average molecular weight is 447 g/mol. The molecule has 3 nitrogen and oxygen atoms in total. The van der Waals surface area contributed by atoms with E-state index in [1.54, 1.807) is 12.7 Å². The lowest BCUT2D eigenvalue weighted by molar-refractivity contribution is -0.0883. The van der Waals surface area contributed by atoms with Gasteiger partial charge in [-0.25, -0.2) is 0 Å². The van der Waals surface area contributed by atoms with Crippen molar-refractivity contribution in [1.82, 2.24) is 5.01 Å². The summed E-state index contributed by atoms with van der Waals surface area (Å²) in [6.45, 7) is 7.53. The molecule has 0 spiro atoms. The van der Waals surface area contributed by atoms with Gasteiger partial charge in [0.05, 0.1) is 13.2 Å². The molecular weight excluding hydrogens is 404 g/mol. The van der Waals surface area contributed by atoms with Gasteiger partial charge in [-0.3, -0.25) is 5.01 Å². The first-order valence-corrected chi connectivity index (χ1v) is 13.5. The molecule has 4 aliphatic carbocycles. The highest BCUT2D eigenvalue weighted by atomic mass is 16.5. The van der Waals surface area contributed by atoms with Crippen LogP contribution in [0.15, 0.2) is 41.0 Å². The van der Waals surface area contributed by atoms with Gasteiger partial charge in [-0.15, -0.1) is 0 Å². The largest absolute Gasteiger partial charge is 0.497 e. The van der Waals surface area contributed by atoms with Crippen LogP contribution in [0, 0.1) is 40.4 Å². The standard InChI is InChI=1S/C30H42N2O/c1-6-19-13-15-29(2)21(17-19)9-12-23-25(29)14-16-30(3)26(23)18-24-27(32(4)31-28(24)30)20-7-10-22(33-5)11-8-20/h6-8,10-11,21,23-27H,9,12-18H2,1-5H3/b19-6+/t21-,23+,24+,25-,26-,27+,29-,30-/m0/s1. The van der Waals surface area contributed by atoms with Crippen molar-refractivity contribution in [3.63, 3.8) is 0 Å². The summed E-state index contributed by atoms with van der Waals surface area (Å²) in [5, 5.41) is 7.55. The second-order valence-electron chi connectivity index (χ2n) is 12.4. The lowest BCUT2D eigenvalue weighted by atomic mass is 9.45. The fraction of sp³-hybridized carbons (Fsp3) is 0.700. The SMILES string of the molecule is C/C=C1\CC[C@@]2(C)[C@@H](CC[C@@H]3[C@@H]2CC[C@]2(C)C4=NN(C)[C@H](c5ccc(OC)cc5)[C@H]4C[C@@H]32)C1. The Kier molecular flexibility index (Phi) is 5.02. The van der Waals surface area contributed by atoms with Crippen LogP contribution in [-0.2, 0) is 0 Å². The molecular formula is C30H42N2O. The third kappa shape index (κ3) is 3.03. The van der Waals surface area contributed by atoms with E-state index in [-0.39, 0.29) is 0 Å². The van der Waals surface area contributed by atoms with E-state index in [1.165, 1.54) is 62.6 Å². The van der Waals surface area contributed by atoms with Crippen LogP contribution in [0.3, 0.4) is 0 Å². The first kappa shape index (κ1) is 21.7. The zero-order valence-corrected chi connectivity index (χ0v) is 21.3. The van der Waals surface area contributed by atoms with Gasteiger partial charge in [0.2, 0.25) is 0 Å². The Bertz CT molecular complexity index is 980. The van der Waals surface area contributed by atoms with Crippen molar-refractivity contribution in [3.05, 3.63) is 41.5 Å². The van der Waals surface area contributed by atoms with Gasteiger partial charge in [0, 0.05) is 24.1 Å². The van der Waals surface area contributed by atoms with Crippen molar-refractivity contribution in [2.45, 2.75) is 78.2 Å². The summed E-state index contributed by atoms with van der Waals surface area (Å²) in [5.74, 6) is 5.06. The van der Waals surface area contributed by atoms with Crippen LogP contribution in [0.2, 0.25) is 0 Å². The monoisotopic (exact) mass is 446 g/mol. The van der Waals surface area contributed by atoms with E-state index in [9.17, 15) is 0 Å². The zero-order chi connectivity index (χ0) is 23.0. The first-order valence-electron chi connectivity index (χ1n) is 13.5. The normalized spacial score (nSPS) is 45.2. The Balaban J connectivity index is 1.29. The van der Waals surface area contributed by atoms with Crippen molar-refractivity contribution >= 4 is 5.71 Å². The number of allylic oxidation sites excluding steroid dienone is 2. The smallest absolute Gasteiger partial charge is 0.118 e. The number of rotatable bonds is 2. The van der Waals surface area contributed by atoms with E-state index >= 15 is 0 Å². The molecule has 0 unspecified atom stereocenters. The summed E-state index contributed by atoms with van der Waals surface area (Å²) in [5.41, 5.74) is 5.51. The average Bonchev–Trinajstić information content (AvgIpc) is 3.30. The van der Waals surface area contributed by atoms with Crippen molar-refractivity contribution in [1.29, 1.82) is 0 Å². The Morgan fingerprint density at radius 3 is 2.58 bits per heavy atom. The van der Waals surface area contributed by atoms with Gasteiger partial charge in [0.15, 0.2) is 0 Å². The number of benzene rings is 1. The zero-order valence-electron chi connectivity index (χ0n) is 21.3. The molecule has 6 rings (SSSR count). The molecule has 3 heteroatoms. The maximum atomic E-state index is 5.42. The molecule has 1 aromatic carbocycles. The Labute approximate surface area is 200 Å². The molecule has 0 bridgehead atoms. The number of fused-ring (bicyclic) bond motifs is 7. The first-order chi connectivity index (χ1) is 15.9. The van der Waals surface area contributed by atoms with Crippen molar-refractivity contribution < 1.29 is 4.74 Å². The van der Waals surface area contributed by atoms with Gasteiger partial charge >= 0.3 is 0 Å². The Hall–Kier alpha value is -1.77. The van der Waals surface area contributed by atoms with Crippen LogP contribution in [-0.4, -0.2) is 24.9 Å². The van der Waals surface area contributed by atoms with E-state index in [4.69, 9.17) is 9.84 Å². The minimum atomic E-state index is 0.299. The number of hydrazone groups is 1. The molecule has 5 aliphatic rings. The molecule has 4 fully saturated rings. The van der Waals surface area contributed by atoms with E-state index in [1.807, 2.05) is 0 Å². The molecule has 8 atom stereocenters. The third-order valence-electron chi connectivity index (χ3n) is 11.3. The van der Waals surface area contributed by atoms with Gasteiger partial charge in [0.1, 0.15) is 5.75 Å². The second-order valence-corrected chi connectivity index (χ2v) is 12.4. The number of methoxy groups -OCH3 is 1. The summed E-state index contributed by atoms with van der Waals surface area (Å²) in [6.07, 6.45) is 13.5. The van der Waals surface area contributed by atoms with Crippen molar-refractivity contribution in [2.24, 2.45) is 45.5 Å². The highest BCUT2D eigenvalue weighted by Gasteiger charge is 2.63. The quantitative estimate of drug-likeness (QED) is 0.447. The van der Waals surface area contributed by atoms with Crippen LogP contribution in [0.5, 0.6) is 5.75 Å². The summed E-state index contributed by atoms with van der Waals surface area (Å²) in [6, 6.07) is 9.14. The number of hydrogen-bond acceptors (Lipinski definition) is 3. The predicted octanol–water partition coefficient (Wildman–Crippen LogP) is 7.25. The molecule has 1 aliphatic heterocycles. The minimum absolute atomic E-state index is 0.299. The molecule has 0 aromatic heterocycles. The summed E-state index contributed by atoms with van der Waals surface area (Å²) in [4.78, 5) is 0. The molecule has 4 saturated carbocycles. The highest BCUT2D eigenvalue weighted by molar-refractivity contribution is 5.96. The summed E-state index contributed by atoms with van der Waals surface area (Å²) < 4.78 is 5.42. The Morgan fingerprint density at radius 2 is 1.85 bits per heavy atom. The Morgan fingerprint density at radius 1 is 1.06 bits per heavy atom. The van der Waals surface area contributed by atoms with Gasteiger partial charge in [-0.05, 0) is 105 Å². The fourth-order valence-electron chi connectivity index (χ4n) is 9.46. The van der Waals surface area contributed by atoms with Crippen LogP contribution in [0.1, 0.15) is 83.7 Å². The molecule has 1 aromatic rings. The molecule has 1 heterocycles. The van der Waals surface area contributed by atoms with Gasteiger partial charge in [-0.2, -0.15) is 5.10 Å². The van der Waals surface area contributed by atoms with E-state index in [2.05, 4.69) is 63.2 Å². The van der Waals surface area contributed by atoms with Crippen LogP contribution in [0.25, 0.3) is 0 Å². The van der Waals surface area contributed by atoms with Gasteiger partial charge in [-0.1, -0.05) is 37.6 Å². The maximum Gasteiger partial charge on any atom is 0.118 e. The second kappa shape index (κ2) is 7.62. The molecule has 33 heavy (non-hydrogen) atoms. The summed E-state index contributed by atoms with van der Waals surface area (Å²) >= 11 is 0. The summed E-state index contributed by atoms with van der Waals surface area (Å²) in [7, 11) is 3.94. The molecule has 0 radical (unpaired) electrons. The highest BCUT2D eigenvalue weighted by Crippen LogP contribution is 2.68. The number of ether oxygens (including phenoxy) is 1. The number of hydrogen-bond donors (Lipinski definition) is 0. The topological polar surface area (TPSA) is 24.8 Å². The van der Waals surface area contributed by atoms with Crippen molar-refractivity contribution in [2.75, 3.05) is 14.2 Å². The fourth-order valence-corrected chi connectivity index (χ4v) is 9.46. The minimum Gasteiger partial charge on any atom is -0.497 e. The van der Waals surface area contributed by atoms with Crippen LogP contribution < -0.4 is 4.74 Å². The van der Waals surface area contributed by atoms with E-state index in [0.717, 1.165) is 29.4 Å². The van der Waals surface area contributed by atoms with Crippen molar-refractivity contribution in [3.8, 4) is 5.75 Å². The van der Waals surface area contributed by atoms with Gasteiger partial charge < -0.3 is 4.74 Å². The van der Waals surface area contributed by atoms with Crippen LogP contribution >= 0.6 is 0 Å². The predicted molar refractivity (Wildman–Crippen MR) is 135 cm³/mol. The van der Waals surface area contributed by atoms with Crippen LogP contribution in [0.4, 0.5) is 0 Å². The molecule has 0 amide bonds. The van der Waals surface area contributed by atoms with E-state index in [0.29, 0.717) is 22.8 Å². The lowest BCUT2D eigenvalue weighted by Gasteiger charge is -2.60. The van der Waals surface area contributed by atoms with E-state index < -0.39 is 0 Å². The van der Waals surface area contributed by atoms with Gasteiger partial charge in [0.25, 0.3) is 0 Å². The maximum absolute atomic E-state index is 5.42. The lowest BCUT2D eigenvalue weighted by Crippen LogP contribution is -2.53. The number of nitrogens with zero attached hydrogens (tertiary/aromatic N) is 2.